The highest BCUT2D eigenvalue weighted by Crippen LogP contribution is 2.28. The number of benzene rings is 1. The number of hydrogen-bond acceptors (Lipinski definition) is 3. The maximum Gasteiger partial charge on any atom is 0.321 e. The van der Waals surface area contributed by atoms with Gasteiger partial charge in [0.15, 0.2) is 0 Å². The first-order valence-corrected chi connectivity index (χ1v) is 9.19. The van der Waals surface area contributed by atoms with Crippen molar-refractivity contribution in [2.24, 2.45) is 0 Å². The molecular formula is C19H26N4O3. The second-order valence-corrected chi connectivity index (χ2v) is 6.98. The van der Waals surface area contributed by atoms with Gasteiger partial charge in [-0.1, -0.05) is 6.07 Å². The van der Waals surface area contributed by atoms with Crippen molar-refractivity contribution in [1.29, 1.82) is 0 Å². The van der Waals surface area contributed by atoms with E-state index in [1.54, 1.807) is 21.6 Å². The van der Waals surface area contributed by atoms with Gasteiger partial charge < -0.3 is 20.0 Å². The molecule has 0 aromatic heterocycles. The van der Waals surface area contributed by atoms with E-state index in [4.69, 9.17) is 0 Å². The van der Waals surface area contributed by atoms with Crippen molar-refractivity contribution in [3.05, 3.63) is 24.3 Å². The second kappa shape index (κ2) is 7.76. The van der Waals surface area contributed by atoms with Crippen LogP contribution in [0.2, 0.25) is 0 Å². The summed E-state index contributed by atoms with van der Waals surface area (Å²) in [4.78, 5) is 41.5. The van der Waals surface area contributed by atoms with Crippen molar-refractivity contribution in [2.45, 2.75) is 39.2 Å². The fraction of sp³-hybridized carbons (Fsp3) is 0.526. The van der Waals surface area contributed by atoms with E-state index in [0.717, 1.165) is 18.5 Å². The smallest absolute Gasteiger partial charge is 0.321 e. The predicted molar refractivity (Wildman–Crippen MR) is 100 cm³/mol. The van der Waals surface area contributed by atoms with E-state index in [2.05, 4.69) is 5.32 Å². The van der Waals surface area contributed by atoms with Crippen molar-refractivity contribution in [1.82, 2.24) is 9.80 Å². The van der Waals surface area contributed by atoms with Gasteiger partial charge in [-0.3, -0.25) is 9.59 Å². The zero-order valence-corrected chi connectivity index (χ0v) is 15.4. The molecule has 26 heavy (non-hydrogen) atoms. The highest BCUT2D eigenvalue weighted by Gasteiger charge is 2.29. The van der Waals surface area contributed by atoms with Crippen LogP contribution in [0.5, 0.6) is 0 Å². The lowest BCUT2D eigenvalue weighted by Crippen LogP contribution is -2.38. The molecule has 1 aromatic carbocycles. The number of rotatable bonds is 2. The van der Waals surface area contributed by atoms with Crippen LogP contribution in [0.1, 0.15) is 33.1 Å². The molecule has 4 amide bonds. The summed E-state index contributed by atoms with van der Waals surface area (Å²) >= 11 is 0. The summed E-state index contributed by atoms with van der Waals surface area (Å²) in [7, 11) is 0. The lowest BCUT2D eigenvalue weighted by molar-refractivity contribution is -0.128. The van der Waals surface area contributed by atoms with E-state index in [1.807, 2.05) is 31.2 Å². The Bertz CT molecular complexity index is 706. The van der Waals surface area contributed by atoms with Crippen LogP contribution in [-0.4, -0.2) is 59.9 Å². The molecule has 0 radical (unpaired) electrons. The van der Waals surface area contributed by atoms with Crippen LogP contribution in [0, 0.1) is 0 Å². The van der Waals surface area contributed by atoms with Crippen molar-refractivity contribution in [2.75, 3.05) is 36.4 Å². The summed E-state index contributed by atoms with van der Waals surface area (Å²) in [5.74, 6) is 0.169. The normalized spacial score (nSPS) is 20.9. The topological polar surface area (TPSA) is 73.0 Å². The molecule has 2 fully saturated rings. The monoisotopic (exact) mass is 358 g/mol. The van der Waals surface area contributed by atoms with Crippen LogP contribution in [-0.2, 0) is 9.59 Å². The van der Waals surface area contributed by atoms with Gasteiger partial charge in [-0.2, -0.15) is 0 Å². The van der Waals surface area contributed by atoms with E-state index in [-0.39, 0.29) is 23.9 Å². The van der Waals surface area contributed by atoms with Gasteiger partial charge in [0.05, 0.1) is 0 Å². The Morgan fingerprint density at radius 2 is 1.85 bits per heavy atom. The number of urea groups is 1. The molecule has 2 aliphatic rings. The maximum atomic E-state index is 12.6. The molecule has 7 heteroatoms. The minimum Gasteiger partial charge on any atom is -0.341 e. The van der Waals surface area contributed by atoms with Gasteiger partial charge in [0.2, 0.25) is 11.8 Å². The average molecular weight is 358 g/mol. The fourth-order valence-electron chi connectivity index (χ4n) is 3.60. The first kappa shape index (κ1) is 18.2. The van der Waals surface area contributed by atoms with Crippen LogP contribution >= 0.6 is 0 Å². The van der Waals surface area contributed by atoms with Gasteiger partial charge in [-0.25, -0.2) is 4.79 Å². The minimum absolute atomic E-state index is 0.0457. The quantitative estimate of drug-likeness (QED) is 0.882. The van der Waals surface area contributed by atoms with Gasteiger partial charge in [0, 0.05) is 56.9 Å². The van der Waals surface area contributed by atoms with Gasteiger partial charge in [0.25, 0.3) is 0 Å². The average Bonchev–Trinajstić information content (AvgIpc) is 2.81. The molecule has 0 unspecified atom stereocenters. The van der Waals surface area contributed by atoms with E-state index in [9.17, 15) is 14.4 Å². The van der Waals surface area contributed by atoms with Crippen molar-refractivity contribution >= 4 is 29.2 Å². The molecule has 0 bridgehead atoms. The molecule has 0 saturated carbocycles. The molecule has 7 nitrogen and oxygen atoms in total. The largest absolute Gasteiger partial charge is 0.341 e. The zero-order valence-electron chi connectivity index (χ0n) is 15.4. The Morgan fingerprint density at radius 3 is 2.54 bits per heavy atom. The van der Waals surface area contributed by atoms with Gasteiger partial charge in [0.1, 0.15) is 0 Å². The number of nitrogens with one attached hydrogen (secondary N) is 1. The minimum atomic E-state index is -0.173. The van der Waals surface area contributed by atoms with Crippen LogP contribution in [0.3, 0.4) is 0 Å². The Kier molecular flexibility index (Phi) is 5.44. The van der Waals surface area contributed by atoms with E-state index >= 15 is 0 Å². The first-order valence-electron chi connectivity index (χ1n) is 9.19. The molecule has 2 aliphatic heterocycles. The van der Waals surface area contributed by atoms with Crippen molar-refractivity contribution in [3.63, 3.8) is 0 Å². The molecular weight excluding hydrogens is 332 g/mol. The summed E-state index contributed by atoms with van der Waals surface area (Å²) in [6.07, 6.45) is 2.20. The van der Waals surface area contributed by atoms with Gasteiger partial charge in [-0.05, 0) is 38.0 Å². The zero-order chi connectivity index (χ0) is 18.7. The SMILES string of the molecule is CC(=O)N1CCCN(C(=O)Nc2cccc(N3C(=O)CC[C@@H]3C)c2)CC1. The van der Waals surface area contributed by atoms with Crippen molar-refractivity contribution < 1.29 is 14.4 Å². The summed E-state index contributed by atoms with van der Waals surface area (Å²) in [5.41, 5.74) is 1.49. The summed E-state index contributed by atoms with van der Waals surface area (Å²) in [6.45, 7) is 5.98. The van der Waals surface area contributed by atoms with Crippen LogP contribution in [0.25, 0.3) is 0 Å². The number of anilines is 2. The summed E-state index contributed by atoms with van der Waals surface area (Å²) in [6, 6.07) is 7.42. The fourth-order valence-corrected chi connectivity index (χ4v) is 3.60. The van der Waals surface area contributed by atoms with Crippen LogP contribution < -0.4 is 10.2 Å². The Morgan fingerprint density at radius 1 is 1.12 bits per heavy atom. The third kappa shape index (κ3) is 3.98. The maximum absolute atomic E-state index is 12.6. The Balaban J connectivity index is 1.65. The van der Waals surface area contributed by atoms with E-state index in [1.165, 1.54) is 0 Å². The number of amides is 4. The predicted octanol–water partition coefficient (Wildman–Crippen LogP) is 2.29. The molecule has 3 rings (SSSR count). The Labute approximate surface area is 153 Å². The first-order chi connectivity index (χ1) is 12.5. The lowest BCUT2D eigenvalue weighted by atomic mass is 10.2. The highest BCUT2D eigenvalue weighted by molar-refractivity contribution is 5.97. The Hall–Kier alpha value is -2.57. The van der Waals surface area contributed by atoms with Crippen LogP contribution in [0.4, 0.5) is 16.2 Å². The molecule has 140 valence electrons. The third-order valence-corrected chi connectivity index (χ3v) is 5.09. The molecule has 0 spiro atoms. The lowest BCUT2D eigenvalue weighted by Gasteiger charge is -2.24. The summed E-state index contributed by atoms with van der Waals surface area (Å²) < 4.78 is 0. The number of nitrogens with zero attached hydrogens (tertiary/aromatic N) is 3. The summed E-state index contributed by atoms with van der Waals surface area (Å²) in [5, 5.41) is 2.92. The standard InChI is InChI=1S/C19H26N4O3/c1-14-7-8-18(25)23(14)17-6-3-5-16(13-17)20-19(26)22-10-4-9-21(11-12-22)15(2)24/h3,5-6,13-14H,4,7-12H2,1-2H3,(H,20,26)/t14-/m0/s1. The molecule has 2 saturated heterocycles. The number of hydrogen-bond donors (Lipinski definition) is 1. The van der Waals surface area contributed by atoms with Crippen molar-refractivity contribution in [3.8, 4) is 0 Å². The molecule has 1 N–H and O–H groups in total. The van der Waals surface area contributed by atoms with Gasteiger partial charge >= 0.3 is 6.03 Å². The van der Waals surface area contributed by atoms with Crippen LogP contribution in [0.15, 0.2) is 24.3 Å². The van der Waals surface area contributed by atoms with E-state index < -0.39 is 0 Å². The number of carbonyl (C=O) groups excluding carboxylic acids is 3. The number of carbonyl (C=O) groups is 3. The third-order valence-electron chi connectivity index (χ3n) is 5.09. The second-order valence-electron chi connectivity index (χ2n) is 6.98. The molecule has 1 atom stereocenters. The van der Waals surface area contributed by atoms with Gasteiger partial charge in [-0.15, -0.1) is 0 Å². The molecule has 0 aliphatic carbocycles. The molecule has 1 aromatic rings. The highest BCUT2D eigenvalue weighted by atomic mass is 16.2. The molecule has 2 heterocycles. The van der Waals surface area contributed by atoms with E-state index in [0.29, 0.717) is 38.3 Å².